The Kier molecular flexibility index (Phi) is 7.59. The van der Waals surface area contributed by atoms with E-state index in [9.17, 15) is 4.79 Å². The van der Waals surface area contributed by atoms with E-state index in [0.29, 0.717) is 13.1 Å². The van der Waals surface area contributed by atoms with Crippen molar-refractivity contribution in [2.45, 2.75) is 20.4 Å². The lowest BCUT2D eigenvalue weighted by Crippen LogP contribution is -2.32. The number of hydrogen-bond acceptors (Lipinski definition) is 3. The van der Waals surface area contributed by atoms with Crippen LogP contribution in [0.2, 0.25) is 0 Å². The Labute approximate surface area is 143 Å². The highest BCUT2D eigenvalue weighted by Crippen LogP contribution is 2.26. The molecule has 2 aromatic carbocycles. The number of nitrogens with one attached hydrogen (secondary N) is 1. The second-order valence-corrected chi connectivity index (χ2v) is 5.38. The number of benzene rings is 2. The third-order valence-electron chi connectivity index (χ3n) is 3.45. The van der Waals surface area contributed by atoms with Gasteiger partial charge in [-0.05, 0) is 30.7 Å². The first-order valence-corrected chi connectivity index (χ1v) is 7.40. The summed E-state index contributed by atoms with van der Waals surface area (Å²) in [7, 11) is 0. The van der Waals surface area contributed by atoms with Crippen molar-refractivity contribution in [3.05, 3.63) is 59.7 Å². The summed E-state index contributed by atoms with van der Waals surface area (Å²) >= 11 is 0. The van der Waals surface area contributed by atoms with Crippen LogP contribution in [0.4, 0.5) is 0 Å². The third-order valence-corrected chi connectivity index (χ3v) is 3.45. The fourth-order valence-electron chi connectivity index (χ4n) is 1.98. The summed E-state index contributed by atoms with van der Waals surface area (Å²) in [5.74, 6) is 1.29. The standard InChI is InChI=1S/C18H22N2O2.ClH/c1-13-8-9-15(12-20-18(21)14(2)11-19)17(10-13)22-16-6-4-3-5-7-16;/h3-10,14H,11-12,19H2,1-2H3,(H,20,21);1H. The number of nitrogens with two attached hydrogens (primary N) is 1. The van der Waals surface area contributed by atoms with Gasteiger partial charge in [0.2, 0.25) is 5.91 Å². The van der Waals surface area contributed by atoms with E-state index < -0.39 is 0 Å². The second-order valence-electron chi connectivity index (χ2n) is 5.38. The number of amides is 1. The van der Waals surface area contributed by atoms with Crippen LogP contribution in [-0.4, -0.2) is 12.5 Å². The average Bonchev–Trinajstić information content (AvgIpc) is 2.54. The van der Waals surface area contributed by atoms with Gasteiger partial charge < -0.3 is 15.8 Å². The first kappa shape index (κ1) is 19.0. The van der Waals surface area contributed by atoms with Crippen LogP contribution < -0.4 is 15.8 Å². The van der Waals surface area contributed by atoms with Crippen LogP contribution in [0.25, 0.3) is 0 Å². The van der Waals surface area contributed by atoms with Crippen LogP contribution in [0.1, 0.15) is 18.1 Å². The molecule has 1 unspecified atom stereocenters. The number of carbonyl (C=O) groups excluding carboxylic acids is 1. The van der Waals surface area contributed by atoms with Gasteiger partial charge in [0.05, 0.1) is 0 Å². The lowest BCUT2D eigenvalue weighted by molar-refractivity contribution is -0.124. The second kappa shape index (κ2) is 9.18. The molecule has 0 aliphatic carbocycles. The minimum Gasteiger partial charge on any atom is -0.457 e. The van der Waals surface area contributed by atoms with Gasteiger partial charge in [-0.1, -0.05) is 37.3 Å². The van der Waals surface area contributed by atoms with Crippen molar-refractivity contribution in [2.75, 3.05) is 6.54 Å². The summed E-state index contributed by atoms with van der Waals surface area (Å²) in [6, 6.07) is 15.6. The van der Waals surface area contributed by atoms with E-state index in [2.05, 4.69) is 5.32 Å². The van der Waals surface area contributed by atoms with Gasteiger partial charge in [0.15, 0.2) is 0 Å². The Morgan fingerprint density at radius 3 is 2.57 bits per heavy atom. The molecule has 0 bridgehead atoms. The van der Waals surface area contributed by atoms with Gasteiger partial charge >= 0.3 is 0 Å². The van der Waals surface area contributed by atoms with Crippen LogP contribution in [-0.2, 0) is 11.3 Å². The topological polar surface area (TPSA) is 64.4 Å². The van der Waals surface area contributed by atoms with Crippen LogP contribution in [0.5, 0.6) is 11.5 Å². The first-order valence-electron chi connectivity index (χ1n) is 7.40. The van der Waals surface area contributed by atoms with Crippen molar-refractivity contribution in [1.29, 1.82) is 0 Å². The third kappa shape index (κ3) is 5.58. The molecule has 4 nitrogen and oxygen atoms in total. The molecule has 0 saturated heterocycles. The van der Waals surface area contributed by atoms with Gasteiger partial charge in [-0.25, -0.2) is 0 Å². The molecule has 0 fully saturated rings. The summed E-state index contributed by atoms with van der Waals surface area (Å²) in [4.78, 5) is 11.9. The zero-order valence-electron chi connectivity index (χ0n) is 13.4. The monoisotopic (exact) mass is 334 g/mol. The lowest BCUT2D eigenvalue weighted by atomic mass is 10.1. The van der Waals surface area contributed by atoms with Crippen molar-refractivity contribution in [1.82, 2.24) is 5.32 Å². The molecule has 5 heteroatoms. The highest BCUT2D eigenvalue weighted by atomic mass is 35.5. The first-order chi connectivity index (χ1) is 10.6. The summed E-state index contributed by atoms with van der Waals surface area (Å²) in [5, 5.41) is 2.90. The van der Waals surface area contributed by atoms with Gasteiger partial charge in [0.25, 0.3) is 0 Å². The Bertz CT molecular complexity index is 632. The zero-order chi connectivity index (χ0) is 15.9. The summed E-state index contributed by atoms with van der Waals surface area (Å²) in [5.41, 5.74) is 7.55. The number of hydrogen-bond donors (Lipinski definition) is 2. The maximum atomic E-state index is 11.9. The molecule has 3 N–H and O–H groups in total. The molecule has 0 aliphatic rings. The quantitative estimate of drug-likeness (QED) is 0.850. The molecule has 23 heavy (non-hydrogen) atoms. The van der Waals surface area contributed by atoms with Gasteiger partial charge in [-0.2, -0.15) is 0 Å². The number of aryl methyl sites for hydroxylation is 1. The van der Waals surface area contributed by atoms with Crippen LogP contribution in [0, 0.1) is 12.8 Å². The fraction of sp³-hybridized carbons (Fsp3) is 0.278. The molecule has 0 radical (unpaired) electrons. The van der Waals surface area contributed by atoms with E-state index in [1.54, 1.807) is 0 Å². The van der Waals surface area contributed by atoms with E-state index in [1.165, 1.54) is 0 Å². The molecule has 0 aliphatic heterocycles. The molecule has 124 valence electrons. The lowest BCUT2D eigenvalue weighted by Gasteiger charge is -2.14. The smallest absolute Gasteiger partial charge is 0.224 e. The number of ether oxygens (including phenoxy) is 1. The predicted molar refractivity (Wildman–Crippen MR) is 95.0 cm³/mol. The van der Waals surface area contributed by atoms with Crippen LogP contribution in [0.15, 0.2) is 48.5 Å². The summed E-state index contributed by atoms with van der Waals surface area (Å²) < 4.78 is 5.93. The van der Waals surface area contributed by atoms with Crippen LogP contribution in [0.3, 0.4) is 0 Å². The summed E-state index contributed by atoms with van der Waals surface area (Å²) in [6.45, 7) is 4.58. The molecular weight excluding hydrogens is 312 g/mol. The van der Waals surface area contributed by atoms with E-state index in [0.717, 1.165) is 22.6 Å². The van der Waals surface area contributed by atoms with Gasteiger partial charge in [0.1, 0.15) is 11.5 Å². The van der Waals surface area contributed by atoms with E-state index in [-0.39, 0.29) is 24.2 Å². The molecule has 1 atom stereocenters. The number of para-hydroxylation sites is 1. The molecule has 0 saturated carbocycles. The highest BCUT2D eigenvalue weighted by molar-refractivity contribution is 5.85. The number of halogens is 1. The molecule has 0 heterocycles. The largest absolute Gasteiger partial charge is 0.457 e. The van der Waals surface area contributed by atoms with Crippen LogP contribution >= 0.6 is 12.4 Å². The molecule has 0 aromatic heterocycles. The van der Waals surface area contributed by atoms with Gasteiger partial charge in [0, 0.05) is 24.6 Å². The Morgan fingerprint density at radius 2 is 1.91 bits per heavy atom. The minimum absolute atomic E-state index is 0. The van der Waals surface area contributed by atoms with E-state index in [1.807, 2.05) is 62.4 Å². The van der Waals surface area contributed by atoms with Crippen molar-refractivity contribution in [2.24, 2.45) is 11.7 Å². The molecular formula is C18H23ClN2O2. The van der Waals surface area contributed by atoms with E-state index >= 15 is 0 Å². The van der Waals surface area contributed by atoms with E-state index in [4.69, 9.17) is 10.5 Å². The molecule has 1 amide bonds. The fourth-order valence-corrected chi connectivity index (χ4v) is 1.98. The maximum absolute atomic E-state index is 11.9. The van der Waals surface area contributed by atoms with Crippen molar-refractivity contribution in [3.8, 4) is 11.5 Å². The Hall–Kier alpha value is -2.04. The van der Waals surface area contributed by atoms with Crippen molar-refractivity contribution >= 4 is 18.3 Å². The van der Waals surface area contributed by atoms with Crippen molar-refractivity contribution < 1.29 is 9.53 Å². The van der Waals surface area contributed by atoms with Crippen molar-refractivity contribution in [3.63, 3.8) is 0 Å². The van der Waals surface area contributed by atoms with Gasteiger partial charge in [-0.3, -0.25) is 4.79 Å². The van der Waals surface area contributed by atoms with Gasteiger partial charge in [-0.15, -0.1) is 12.4 Å². The maximum Gasteiger partial charge on any atom is 0.224 e. The zero-order valence-corrected chi connectivity index (χ0v) is 14.2. The molecule has 2 aromatic rings. The molecule has 2 rings (SSSR count). The average molecular weight is 335 g/mol. The number of rotatable bonds is 6. The number of carbonyl (C=O) groups is 1. The highest BCUT2D eigenvalue weighted by Gasteiger charge is 2.12. The Balaban J connectivity index is 0.00000264. The normalized spacial score (nSPS) is 11.3. The summed E-state index contributed by atoms with van der Waals surface area (Å²) in [6.07, 6.45) is 0. The Morgan fingerprint density at radius 1 is 1.22 bits per heavy atom. The minimum atomic E-state index is -0.191. The SMILES string of the molecule is Cc1ccc(CNC(=O)C(C)CN)c(Oc2ccccc2)c1.Cl. The predicted octanol–water partition coefficient (Wildman–Crippen LogP) is 3.42. The molecule has 0 spiro atoms.